The topological polar surface area (TPSA) is 224 Å². The van der Waals surface area contributed by atoms with Crippen molar-refractivity contribution in [2.45, 2.75) is 19.8 Å². The summed E-state index contributed by atoms with van der Waals surface area (Å²) in [6.07, 6.45) is 0. The van der Waals surface area contributed by atoms with Crippen LogP contribution in [0.4, 0.5) is 46.0 Å². The van der Waals surface area contributed by atoms with Gasteiger partial charge in [0, 0.05) is 38.0 Å². The first kappa shape index (κ1) is 41.8. The van der Waals surface area contributed by atoms with Crippen LogP contribution in [0, 0.1) is 9.54 Å². The summed E-state index contributed by atoms with van der Waals surface area (Å²) in [5.41, 5.74) is 2.88. The fourth-order valence-corrected chi connectivity index (χ4v) is 8.08. The summed E-state index contributed by atoms with van der Waals surface area (Å²) in [5.74, 6) is 4.34. The predicted octanol–water partition coefficient (Wildman–Crippen LogP) is 7.55. The van der Waals surface area contributed by atoms with Crippen molar-refractivity contribution in [1.82, 2.24) is 59.1 Å². The smallest absolute Gasteiger partial charge is 0.365 e. The largest absolute Gasteiger partial charge is 0.433 e. The molecule has 0 spiro atoms. The van der Waals surface area contributed by atoms with Crippen LogP contribution >= 0.6 is 48.0 Å². The van der Waals surface area contributed by atoms with Crippen LogP contribution in [-0.2, 0) is 28.2 Å². The van der Waals surface area contributed by atoms with Crippen LogP contribution < -0.4 is 42.1 Å². The second kappa shape index (κ2) is 17.7. The van der Waals surface area contributed by atoms with Crippen molar-refractivity contribution in [2.24, 2.45) is 28.2 Å². The second-order valence-electron chi connectivity index (χ2n) is 13.6. The monoisotopic (exact) mass is 928 g/mol. The van der Waals surface area contributed by atoms with Crippen molar-refractivity contribution >= 4 is 94.0 Å². The molecule has 0 bridgehead atoms. The number of benzene rings is 4. The van der Waals surface area contributed by atoms with E-state index in [0.717, 1.165) is 58.8 Å². The maximum atomic E-state index is 11.3. The number of para-hydroxylation sites is 6. The Balaban J connectivity index is 0.000000108. The van der Waals surface area contributed by atoms with Crippen LogP contribution in [0.5, 0.6) is 23.3 Å². The first-order valence-corrected chi connectivity index (χ1v) is 21.4. The van der Waals surface area contributed by atoms with Crippen molar-refractivity contribution in [3.8, 4) is 23.3 Å². The van der Waals surface area contributed by atoms with E-state index in [1.807, 2.05) is 91.0 Å². The summed E-state index contributed by atoms with van der Waals surface area (Å²) in [4.78, 5) is 41.1. The Morgan fingerprint density at radius 1 is 0.453 bits per heavy atom. The van der Waals surface area contributed by atoms with Gasteiger partial charge in [-0.15, -0.1) is 10.2 Å². The van der Waals surface area contributed by atoms with Gasteiger partial charge in [-0.25, -0.2) is 28.3 Å². The standard InChI is InChI=1S/C10H8N4O2.2C10H8N4OS.C10H8N4S2/c2*1-14-10(15)12-8-9(13-14)16-7-5-3-2-4-6(7)11-8;1-14-10(16)12-8-9(13-14)15-7-5-3-2-4-6(7)11-8;1-14-10(15)12-8-9(13-14)16-7-5-3-2-4-6(7)11-8/h2*2-5H,1H3,(H,11,12,15);2-5H,1H3,(H,11,12,16);2-5H,1H3,(H,11,12,15). The first-order valence-electron chi connectivity index (χ1n) is 18.9. The summed E-state index contributed by atoms with van der Waals surface area (Å²) >= 11 is 13.2. The van der Waals surface area contributed by atoms with Gasteiger partial charge in [-0.05, 0) is 73.0 Å². The molecular formula is C40H32N16O4S4. The zero-order valence-electron chi connectivity index (χ0n) is 33.9. The number of ether oxygens (including phenoxy) is 2. The third-order valence-corrected chi connectivity index (χ3v) is 11.9. The van der Waals surface area contributed by atoms with Crippen molar-refractivity contribution in [1.29, 1.82) is 0 Å². The van der Waals surface area contributed by atoms with Gasteiger partial charge in [-0.1, -0.05) is 72.1 Å². The number of aryl methyl sites for hydroxylation is 4. The molecule has 24 heteroatoms. The van der Waals surface area contributed by atoms with Gasteiger partial charge in [0.25, 0.3) is 11.8 Å². The average Bonchev–Trinajstić information content (AvgIpc) is 3.29. The number of anilines is 8. The van der Waals surface area contributed by atoms with Crippen molar-refractivity contribution in [3.63, 3.8) is 0 Å². The van der Waals surface area contributed by atoms with Crippen molar-refractivity contribution in [3.05, 3.63) is 128 Å². The van der Waals surface area contributed by atoms with E-state index in [1.165, 1.54) is 28.2 Å². The van der Waals surface area contributed by atoms with E-state index in [1.54, 1.807) is 37.6 Å². The highest BCUT2D eigenvalue weighted by molar-refractivity contribution is 8.00. The second-order valence-corrected chi connectivity index (χ2v) is 16.4. The van der Waals surface area contributed by atoms with E-state index < -0.39 is 5.69 Å². The zero-order valence-corrected chi connectivity index (χ0v) is 37.1. The highest BCUT2D eigenvalue weighted by Crippen LogP contribution is 2.43. The molecule has 4 aromatic heterocycles. The lowest BCUT2D eigenvalue weighted by atomic mass is 10.2. The maximum Gasteiger partial charge on any atom is 0.365 e. The molecule has 0 aliphatic carbocycles. The number of nitrogens with one attached hydrogen (secondary N) is 4. The van der Waals surface area contributed by atoms with E-state index >= 15 is 0 Å². The minimum absolute atomic E-state index is 0.306. The van der Waals surface area contributed by atoms with Crippen molar-refractivity contribution < 1.29 is 9.47 Å². The molecule has 4 aliphatic rings. The van der Waals surface area contributed by atoms with Crippen LogP contribution in [0.25, 0.3) is 0 Å². The van der Waals surface area contributed by atoms with E-state index in [9.17, 15) is 9.59 Å². The average molecular weight is 929 g/mol. The van der Waals surface area contributed by atoms with Gasteiger partial charge < -0.3 is 30.7 Å². The lowest BCUT2D eigenvalue weighted by Crippen LogP contribution is -2.25. The Morgan fingerprint density at radius 2 is 0.812 bits per heavy atom. The van der Waals surface area contributed by atoms with Gasteiger partial charge in [-0.3, -0.25) is 0 Å². The lowest BCUT2D eigenvalue weighted by Gasteiger charge is -2.19. The Bertz CT molecular complexity index is 2930. The molecular weight excluding hydrogens is 897 g/mol. The molecule has 0 saturated heterocycles. The SMILES string of the molecule is Cn1nc2c(nc1=O)Nc1ccccc1O2.Cn1nc2c(nc1=O)Nc1ccccc1S2.Cn1nc2c(nc1=S)Nc1ccccc1O2.Cn1nc2c(nc1=S)Nc1ccccc1S2. The number of hydrogen-bond donors (Lipinski definition) is 4. The summed E-state index contributed by atoms with van der Waals surface area (Å²) in [7, 11) is 6.66. The molecule has 64 heavy (non-hydrogen) atoms. The number of rotatable bonds is 0. The summed E-state index contributed by atoms with van der Waals surface area (Å²) in [6.45, 7) is 0. The van der Waals surface area contributed by atoms with E-state index in [0.29, 0.717) is 44.5 Å². The fourth-order valence-electron chi connectivity index (χ4n) is 5.93. The van der Waals surface area contributed by atoms with Crippen LogP contribution in [0.2, 0.25) is 0 Å². The Morgan fingerprint density at radius 3 is 1.36 bits per heavy atom. The van der Waals surface area contributed by atoms with Gasteiger partial charge in [0.1, 0.15) is 0 Å². The van der Waals surface area contributed by atoms with Crippen LogP contribution in [0.1, 0.15) is 0 Å². The molecule has 0 radical (unpaired) electrons. The molecule has 20 nitrogen and oxygen atoms in total. The van der Waals surface area contributed by atoms with Gasteiger partial charge >= 0.3 is 11.4 Å². The third kappa shape index (κ3) is 8.87. The summed E-state index contributed by atoms with van der Waals surface area (Å²) in [6, 6.07) is 30.9. The van der Waals surface area contributed by atoms with Crippen molar-refractivity contribution in [2.75, 3.05) is 21.3 Å². The molecule has 0 atom stereocenters. The number of nitrogens with zero attached hydrogens (tertiary/aromatic N) is 12. The summed E-state index contributed by atoms with van der Waals surface area (Å²) in [5, 5.41) is 30.7. The molecule has 0 fully saturated rings. The normalized spacial score (nSPS) is 12.3. The maximum absolute atomic E-state index is 11.3. The molecule has 0 saturated carbocycles. The lowest BCUT2D eigenvalue weighted by molar-refractivity contribution is 0.432. The summed E-state index contributed by atoms with van der Waals surface area (Å²) < 4.78 is 17.5. The molecule has 4 N–H and O–H groups in total. The number of fused-ring (bicyclic) bond motifs is 8. The number of aromatic nitrogens is 12. The molecule has 4 aromatic carbocycles. The first-order chi connectivity index (χ1) is 30.9. The molecule has 4 aliphatic heterocycles. The highest BCUT2D eigenvalue weighted by Gasteiger charge is 2.22. The molecule has 0 unspecified atom stereocenters. The van der Waals surface area contributed by atoms with Gasteiger partial charge in [0.15, 0.2) is 39.0 Å². The molecule has 8 aromatic rings. The number of hydrogen-bond acceptors (Lipinski definition) is 20. The minimum atomic E-state index is -0.422. The Hall–Kier alpha value is -7.54. The van der Waals surface area contributed by atoms with Crippen LogP contribution in [0.15, 0.2) is 126 Å². The Kier molecular flexibility index (Phi) is 11.5. The van der Waals surface area contributed by atoms with Gasteiger partial charge in [0.05, 0.1) is 22.7 Å². The van der Waals surface area contributed by atoms with E-state index in [4.69, 9.17) is 33.9 Å². The molecule has 12 rings (SSSR count). The van der Waals surface area contributed by atoms with E-state index in [-0.39, 0.29) is 5.69 Å². The van der Waals surface area contributed by atoms with Crippen LogP contribution in [-0.4, -0.2) is 59.1 Å². The highest BCUT2D eigenvalue weighted by atomic mass is 32.2. The van der Waals surface area contributed by atoms with Gasteiger partial charge in [-0.2, -0.15) is 30.1 Å². The zero-order chi connectivity index (χ0) is 44.5. The van der Waals surface area contributed by atoms with Gasteiger partial charge in [0.2, 0.25) is 15.4 Å². The predicted molar refractivity (Wildman–Crippen MR) is 246 cm³/mol. The van der Waals surface area contributed by atoms with Crippen LogP contribution in [0.3, 0.4) is 0 Å². The molecule has 320 valence electrons. The fraction of sp³-hybridized carbons (Fsp3) is 0.100. The van der Waals surface area contributed by atoms with E-state index in [2.05, 4.69) is 67.7 Å². The minimum Gasteiger partial charge on any atom is -0.433 e. The third-order valence-electron chi connectivity index (χ3n) is 9.10. The molecule has 0 amide bonds. The Labute approximate surface area is 380 Å². The molecule has 8 heterocycles. The quantitative estimate of drug-likeness (QED) is 0.108.